The summed E-state index contributed by atoms with van der Waals surface area (Å²) in [6.07, 6.45) is 4.20. The second-order valence-electron chi connectivity index (χ2n) is 8.94. The number of hydrogen-bond donors (Lipinski definition) is 0. The molecule has 7 nitrogen and oxygen atoms in total. The molecule has 0 unspecified atom stereocenters. The van der Waals surface area contributed by atoms with E-state index in [1.165, 1.54) is 11.9 Å². The Morgan fingerprint density at radius 3 is 2.83 bits per heavy atom. The average molecular weight is 427 g/mol. The van der Waals surface area contributed by atoms with E-state index in [0.717, 1.165) is 12.1 Å². The summed E-state index contributed by atoms with van der Waals surface area (Å²) in [6, 6.07) is 10.2. The summed E-state index contributed by atoms with van der Waals surface area (Å²) >= 11 is 6.25. The molecule has 1 saturated heterocycles. The van der Waals surface area contributed by atoms with Crippen molar-refractivity contribution in [3.05, 3.63) is 53.7 Å². The van der Waals surface area contributed by atoms with Gasteiger partial charge in [0.15, 0.2) is 16.6 Å². The van der Waals surface area contributed by atoms with Crippen molar-refractivity contribution >= 4 is 22.8 Å². The van der Waals surface area contributed by atoms with Gasteiger partial charge in [0.25, 0.3) is 0 Å². The van der Waals surface area contributed by atoms with Gasteiger partial charge in [-0.05, 0) is 31.7 Å². The van der Waals surface area contributed by atoms with Crippen molar-refractivity contribution in [1.29, 1.82) is 0 Å². The van der Waals surface area contributed by atoms with Gasteiger partial charge in [-0.1, -0.05) is 41.9 Å². The SMILES string of the molecule is CC1(C)O[C@@H]2[C@@H](COCc3ccccc3)[C@@H]3C[C@]3(n3cnc4c(Cl)ncnc43)[C@@H]2O1. The third-order valence-corrected chi connectivity index (χ3v) is 7.03. The molecule has 2 saturated carbocycles. The predicted molar refractivity (Wildman–Crippen MR) is 110 cm³/mol. The number of nitrogens with zero attached hydrogens (tertiary/aromatic N) is 4. The molecule has 3 aliphatic rings. The van der Waals surface area contributed by atoms with E-state index in [1.807, 2.05) is 38.4 Å². The molecule has 6 rings (SSSR count). The fraction of sp³-hybridized carbons (Fsp3) is 0.500. The highest BCUT2D eigenvalue weighted by molar-refractivity contribution is 6.33. The molecule has 0 bridgehead atoms. The van der Waals surface area contributed by atoms with E-state index >= 15 is 0 Å². The van der Waals surface area contributed by atoms with E-state index in [9.17, 15) is 0 Å². The Balaban J connectivity index is 1.31. The van der Waals surface area contributed by atoms with E-state index in [0.29, 0.717) is 29.8 Å². The maximum atomic E-state index is 6.43. The highest BCUT2D eigenvalue weighted by Crippen LogP contribution is 2.68. The molecule has 3 heterocycles. The Kier molecular flexibility index (Phi) is 4.03. The molecule has 2 aromatic heterocycles. The van der Waals surface area contributed by atoms with Crippen molar-refractivity contribution in [3.63, 3.8) is 0 Å². The minimum Gasteiger partial charge on any atom is -0.376 e. The second-order valence-corrected chi connectivity index (χ2v) is 9.30. The molecule has 8 heteroatoms. The van der Waals surface area contributed by atoms with Crippen molar-refractivity contribution in [2.24, 2.45) is 11.8 Å². The molecule has 2 aliphatic carbocycles. The van der Waals surface area contributed by atoms with Crippen LogP contribution in [0.5, 0.6) is 0 Å². The van der Waals surface area contributed by atoms with Gasteiger partial charge in [-0.15, -0.1) is 0 Å². The normalized spacial score (nSPS) is 33.6. The zero-order valence-electron chi connectivity index (χ0n) is 16.9. The molecular weight excluding hydrogens is 404 g/mol. The summed E-state index contributed by atoms with van der Waals surface area (Å²) in [6.45, 7) is 5.17. The van der Waals surface area contributed by atoms with E-state index in [1.54, 1.807) is 0 Å². The van der Waals surface area contributed by atoms with Crippen LogP contribution in [0, 0.1) is 11.8 Å². The standard InChI is InChI=1S/C22H23ClN4O3/c1-21(2)29-17-14(10-28-9-13-6-4-3-5-7-13)15-8-22(15,18(17)30-21)27-12-26-16-19(23)24-11-25-20(16)27/h3-7,11-12,14-15,17-18H,8-10H2,1-2H3/t14-,15-,17+,18+,22+/m0/s1. The van der Waals surface area contributed by atoms with Crippen molar-refractivity contribution in [3.8, 4) is 0 Å². The summed E-state index contributed by atoms with van der Waals surface area (Å²) in [5, 5.41) is 0.369. The monoisotopic (exact) mass is 426 g/mol. The van der Waals surface area contributed by atoms with Gasteiger partial charge in [-0.3, -0.25) is 0 Å². The number of halogens is 1. The van der Waals surface area contributed by atoms with Gasteiger partial charge >= 0.3 is 0 Å². The van der Waals surface area contributed by atoms with Gasteiger partial charge in [0, 0.05) is 5.92 Å². The third-order valence-electron chi connectivity index (χ3n) is 6.75. The highest BCUT2D eigenvalue weighted by Gasteiger charge is 2.76. The lowest BCUT2D eigenvalue weighted by atomic mass is 10.0. The molecule has 0 radical (unpaired) electrons. The number of rotatable bonds is 5. The van der Waals surface area contributed by atoms with Gasteiger partial charge in [0.1, 0.15) is 17.9 Å². The van der Waals surface area contributed by atoms with Gasteiger partial charge in [0.2, 0.25) is 0 Å². The Labute approximate surface area is 179 Å². The fourth-order valence-corrected chi connectivity index (χ4v) is 5.66. The maximum Gasteiger partial charge on any atom is 0.165 e. The zero-order valence-corrected chi connectivity index (χ0v) is 17.6. The first kappa shape index (κ1) is 18.7. The molecule has 0 amide bonds. The number of ether oxygens (including phenoxy) is 3. The van der Waals surface area contributed by atoms with Crippen molar-refractivity contribution < 1.29 is 14.2 Å². The maximum absolute atomic E-state index is 6.43. The fourth-order valence-electron chi connectivity index (χ4n) is 5.48. The Hall–Kier alpha value is -2.06. The van der Waals surface area contributed by atoms with Crippen LogP contribution in [0.1, 0.15) is 25.8 Å². The average Bonchev–Trinajstić information content (AvgIpc) is 3.01. The topological polar surface area (TPSA) is 71.3 Å². The van der Waals surface area contributed by atoms with Crippen LogP contribution in [0.4, 0.5) is 0 Å². The molecule has 1 aliphatic heterocycles. The van der Waals surface area contributed by atoms with Gasteiger partial charge in [0.05, 0.1) is 31.2 Å². The number of aromatic nitrogens is 4. The molecule has 5 atom stereocenters. The van der Waals surface area contributed by atoms with Crippen LogP contribution in [0.25, 0.3) is 11.2 Å². The highest BCUT2D eigenvalue weighted by atomic mass is 35.5. The molecule has 0 spiro atoms. The first-order chi connectivity index (χ1) is 14.5. The molecule has 30 heavy (non-hydrogen) atoms. The van der Waals surface area contributed by atoms with Crippen LogP contribution in [-0.2, 0) is 26.4 Å². The molecule has 0 N–H and O–H groups in total. The zero-order chi connectivity index (χ0) is 20.5. The van der Waals surface area contributed by atoms with Crippen molar-refractivity contribution in [1.82, 2.24) is 19.5 Å². The number of hydrogen-bond acceptors (Lipinski definition) is 6. The predicted octanol–water partition coefficient (Wildman–Crippen LogP) is 3.56. The van der Waals surface area contributed by atoms with Crippen LogP contribution in [0.3, 0.4) is 0 Å². The van der Waals surface area contributed by atoms with Crippen LogP contribution in [-0.4, -0.2) is 44.1 Å². The lowest BCUT2D eigenvalue weighted by Crippen LogP contribution is -2.37. The second kappa shape index (κ2) is 6.47. The minimum atomic E-state index is -0.628. The van der Waals surface area contributed by atoms with E-state index in [2.05, 4.69) is 31.7 Å². The number of benzene rings is 1. The van der Waals surface area contributed by atoms with Gasteiger partial charge < -0.3 is 18.8 Å². The lowest BCUT2D eigenvalue weighted by molar-refractivity contribution is -0.163. The van der Waals surface area contributed by atoms with Crippen molar-refractivity contribution in [2.75, 3.05) is 6.61 Å². The van der Waals surface area contributed by atoms with Crippen LogP contribution in [0.15, 0.2) is 43.0 Å². The Morgan fingerprint density at radius 2 is 2.00 bits per heavy atom. The summed E-state index contributed by atoms with van der Waals surface area (Å²) in [7, 11) is 0. The van der Waals surface area contributed by atoms with Crippen molar-refractivity contribution in [2.45, 2.75) is 50.4 Å². The van der Waals surface area contributed by atoms with Crippen LogP contribution >= 0.6 is 11.6 Å². The smallest absolute Gasteiger partial charge is 0.165 e. The molecule has 156 valence electrons. The van der Waals surface area contributed by atoms with Gasteiger partial charge in [-0.2, -0.15) is 0 Å². The summed E-state index contributed by atoms with van der Waals surface area (Å²) in [4.78, 5) is 13.0. The first-order valence-electron chi connectivity index (χ1n) is 10.3. The molecular formula is C22H23ClN4O3. The van der Waals surface area contributed by atoms with Gasteiger partial charge in [-0.25, -0.2) is 15.0 Å². The molecule has 3 fully saturated rings. The Morgan fingerprint density at radius 1 is 1.17 bits per heavy atom. The number of fused-ring (bicyclic) bond motifs is 4. The summed E-state index contributed by atoms with van der Waals surface area (Å²) in [5.74, 6) is -0.00268. The van der Waals surface area contributed by atoms with Crippen LogP contribution < -0.4 is 0 Å². The largest absolute Gasteiger partial charge is 0.376 e. The van der Waals surface area contributed by atoms with E-state index in [4.69, 9.17) is 25.8 Å². The van der Waals surface area contributed by atoms with E-state index in [-0.39, 0.29) is 23.7 Å². The Bertz CT molecular complexity index is 1100. The summed E-state index contributed by atoms with van der Waals surface area (Å²) in [5.41, 5.74) is 2.31. The van der Waals surface area contributed by atoms with E-state index < -0.39 is 5.79 Å². The molecule has 3 aromatic rings. The van der Waals surface area contributed by atoms with Crippen LogP contribution in [0.2, 0.25) is 5.15 Å². The molecule has 1 aromatic carbocycles. The lowest BCUT2D eigenvalue weighted by Gasteiger charge is -2.25. The first-order valence-corrected chi connectivity index (χ1v) is 10.7. The minimum absolute atomic E-state index is 0.0238. The summed E-state index contributed by atoms with van der Waals surface area (Å²) < 4.78 is 21.1. The quantitative estimate of drug-likeness (QED) is 0.581. The third kappa shape index (κ3) is 2.66. The number of imidazole rings is 1.